The topological polar surface area (TPSA) is 96.1 Å². The molecule has 2 aromatic rings. The molecule has 1 aromatic carbocycles. The molecule has 1 fully saturated rings. The molecule has 0 aliphatic carbocycles. The van der Waals surface area contributed by atoms with E-state index in [0.29, 0.717) is 23.1 Å². The van der Waals surface area contributed by atoms with Crippen LogP contribution in [0, 0.1) is 6.92 Å². The highest BCUT2D eigenvalue weighted by Crippen LogP contribution is 2.22. The van der Waals surface area contributed by atoms with Gasteiger partial charge < -0.3 is 10.3 Å². The summed E-state index contributed by atoms with van der Waals surface area (Å²) < 4.78 is 22.8. The number of carbonyl (C=O) groups is 2. The molecule has 7 heteroatoms. The van der Waals surface area contributed by atoms with E-state index in [0.717, 1.165) is 5.52 Å². The summed E-state index contributed by atoms with van der Waals surface area (Å²) in [4.78, 5) is 27.6. The molecule has 1 amide bonds. The number of aromatic nitrogens is 1. The van der Waals surface area contributed by atoms with Crippen LogP contribution in [0.2, 0.25) is 0 Å². The van der Waals surface area contributed by atoms with Crippen LogP contribution in [0.4, 0.5) is 0 Å². The summed E-state index contributed by atoms with van der Waals surface area (Å²) >= 11 is 0. The van der Waals surface area contributed by atoms with Crippen molar-refractivity contribution in [2.24, 2.45) is 0 Å². The van der Waals surface area contributed by atoms with Crippen molar-refractivity contribution < 1.29 is 18.0 Å². The van der Waals surface area contributed by atoms with Crippen molar-refractivity contribution in [3.63, 3.8) is 0 Å². The van der Waals surface area contributed by atoms with Crippen LogP contribution in [-0.2, 0) is 14.6 Å². The number of rotatable bonds is 3. The molecule has 0 spiro atoms. The minimum absolute atomic E-state index is 0.0538. The van der Waals surface area contributed by atoms with Crippen LogP contribution >= 0.6 is 0 Å². The first-order chi connectivity index (χ1) is 10.4. The fourth-order valence-corrected chi connectivity index (χ4v) is 4.52. The Bertz CT molecular complexity index is 867. The number of fused-ring (bicyclic) bond motifs is 1. The summed E-state index contributed by atoms with van der Waals surface area (Å²) in [5.74, 6) is -1.44. The highest BCUT2D eigenvalue weighted by Gasteiger charge is 2.31. The molecule has 1 aliphatic heterocycles. The van der Waals surface area contributed by atoms with Crippen LogP contribution < -0.4 is 5.32 Å². The smallest absolute Gasteiger partial charge is 0.292 e. The number of sulfone groups is 1. The molecule has 1 aromatic heterocycles. The van der Waals surface area contributed by atoms with Gasteiger partial charge >= 0.3 is 0 Å². The van der Waals surface area contributed by atoms with Crippen LogP contribution in [-0.4, -0.2) is 42.6 Å². The second-order valence-electron chi connectivity index (χ2n) is 5.57. The number of nitrogens with one attached hydrogen (secondary N) is 2. The summed E-state index contributed by atoms with van der Waals surface area (Å²) in [6.45, 7) is 1.74. The highest BCUT2D eigenvalue weighted by atomic mass is 32.2. The Morgan fingerprint density at radius 1 is 1.27 bits per heavy atom. The van der Waals surface area contributed by atoms with Gasteiger partial charge in [0.2, 0.25) is 0 Å². The Kier molecular flexibility index (Phi) is 3.52. The molecular weight excluding hydrogens is 304 g/mol. The fourth-order valence-electron chi connectivity index (χ4n) is 2.84. The minimum Gasteiger partial charge on any atom is -0.358 e. The van der Waals surface area contributed by atoms with Crippen LogP contribution in [0.25, 0.3) is 10.9 Å². The molecule has 1 saturated heterocycles. The lowest BCUT2D eigenvalue weighted by Gasteiger charge is -2.10. The third kappa shape index (κ3) is 2.64. The minimum atomic E-state index is -3.10. The third-order valence-electron chi connectivity index (χ3n) is 3.89. The number of Topliss-reactive ketones (excluding diaryl/α,β-unsaturated/α-hetero) is 1. The SMILES string of the molecule is Cc1[nH]c2ccccc2c1C(=O)C(=O)N[C@@H]1CCS(=O)(=O)C1. The number of amides is 1. The molecule has 3 rings (SSSR count). The van der Waals surface area contributed by atoms with E-state index < -0.39 is 27.6 Å². The van der Waals surface area contributed by atoms with Gasteiger partial charge in [-0.15, -0.1) is 0 Å². The van der Waals surface area contributed by atoms with Crippen molar-refractivity contribution in [1.29, 1.82) is 0 Å². The number of hydrogen-bond donors (Lipinski definition) is 2. The second kappa shape index (κ2) is 5.24. The first kappa shape index (κ1) is 14.8. The molecule has 6 nitrogen and oxygen atoms in total. The van der Waals surface area contributed by atoms with Crippen LogP contribution in [0.1, 0.15) is 22.5 Å². The lowest BCUT2D eigenvalue weighted by atomic mass is 10.1. The molecule has 2 N–H and O–H groups in total. The van der Waals surface area contributed by atoms with Crippen LogP contribution in [0.15, 0.2) is 24.3 Å². The lowest BCUT2D eigenvalue weighted by molar-refractivity contribution is -0.117. The summed E-state index contributed by atoms with van der Waals surface area (Å²) in [5.41, 5.74) is 1.76. The number of benzene rings is 1. The molecule has 0 bridgehead atoms. The normalized spacial score (nSPS) is 20.1. The van der Waals surface area contributed by atoms with E-state index in [1.54, 1.807) is 19.1 Å². The summed E-state index contributed by atoms with van der Waals surface area (Å²) in [5, 5.41) is 3.23. The second-order valence-corrected chi connectivity index (χ2v) is 7.80. The molecule has 0 saturated carbocycles. The Balaban J connectivity index is 1.84. The quantitative estimate of drug-likeness (QED) is 0.650. The molecule has 2 heterocycles. The maximum atomic E-state index is 12.4. The van der Waals surface area contributed by atoms with Gasteiger partial charge in [0.1, 0.15) is 0 Å². The Hall–Kier alpha value is -2.15. The van der Waals surface area contributed by atoms with Gasteiger partial charge in [-0.25, -0.2) is 8.42 Å². The monoisotopic (exact) mass is 320 g/mol. The van der Waals surface area contributed by atoms with Crippen molar-refractivity contribution in [3.8, 4) is 0 Å². The zero-order valence-corrected chi connectivity index (χ0v) is 12.9. The number of aryl methyl sites for hydroxylation is 1. The number of H-pyrrole nitrogens is 1. The zero-order chi connectivity index (χ0) is 15.9. The third-order valence-corrected chi connectivity index (χ3v) is 5.66. The van der Waals surface area contributed by atoms with Crippen LogP contribution in [0.3, 0.4) is 0 Å². The summed E-state index contributed by atoms with van der Waals surface area (Å²) in [7, 11) is -3.10. The van der Waals surface area contributed by atoms with Gasteiger partial charge in [-0.1, -0.05) is 18.2 Å². The maximum Gasteiger partial charge on any atom is 0.292 e. The number of aromatic amines is 1. The predicted octanol–water partition coefficient (Wildman–Crippen LogP) is 0.962. The number of carbonyl (C=O) groups excluding carboxylic acids is 2. The van der Waals surface area contributed by atoms with Crippen molar-refractivity contribution in [2.75, 3.05) is 11.5 Å². The van der Waals surface area contributed by atoms with Gasteiger partial charge in [0, 0.05) is 22.6 Å². The first-order valence-electron chi connectivity index (χ1n) is 7.00. The van der Waals surface area contributed by atoms with E-state index >= 15 is 0 Å². The van der Waals surface area contributed by atoms with E-state index in [2.05, 4.69) is 10.3 Å². The maximum absolute atomic E-state index is 12.4. The first-order valence-corrected chi connectivity index (χ1v) is 8.82. The lowest BCUT2D eigenvalue weighted by Crippen LogP contribution is -2.40. The van der Waals surface area contributed by atoms with E-state index in [1.165, 1.54) is 0 Å². The Morgan fingerprint density at radius 3 is 2.68 bits per heavy atom. The average molecular weight is 320 g/mol. The molecule has 0 unspecified atom stereocenters. The van der Waals surface area contributed by atoms with Gasteiger partial charge in [-0.2, -0.15) is 0 Å². The molecule has 1 aliphatic rings. The average Bonchev–Trinajstić information content (AvgIpc) is 2.96. The molecule has 1 atom stereocenters. The number of para-hydroxylation sites is 1. The van der Waals surface area contributed by atoms with Crippen molar-refractivity contribution >= 4 is 32.4 Å². The largest absolute Gasteiger partial charge is 0.358 e. The van der Waals surface area contributed by atoms with E-state index in [4.69, 9.17) is 0 Å². The molecule has 0 radical (unpaired) electrons. The summed E-state index contributed by atoms with van der Waals surface area (Å²) in [6, 6.07) is 6.77. The van der Waals surface area contributed by atoms with Gasteiger partial charge in [-0.05, 0) is 19.4 Å². The molecule has 22 heavy (non-hydrogen) atoms. The standard InChI is InChI=1S/C15H16N2O4S/c1-9-13(11-4-2-3-5-12(11)16-9)14(18)15(19)17-10-6-7-22(20,21)8-10/h2-5,10,16H,6-8H2,1H3,(H,17,19)/t10-/m1/s1. The Morgan fingerprint density at radius 2 is 2.00 bits per heavy atom. The van der Waals surface area contributed by atoms with Gasteiger partial charge in [0.15, 0.2) is 9.84 Å². The zero-order valence-electron chi connectivity index (χ0n) is 12.0. The van der Waals surface area contributed by atoms with E-state index in [1.807, 2.05) is 12.1 Å². The predicted molar refractivity (Wildman–Crippen MR) is 82.6 cm³/mol. The number of ketones is 1. The molecular formula is C15H16N2O4S. The van der Waals surface area contributed by atoms with Crippen molar-refractivity contribution in [1.82, 2.24) is 10.3 Å². The number of hydrogen-bond acceptors (Lipinski definition) is 4. The van der Waals surface area contributed by atoms with E-state index in [-0.39, 0.29) is 11.5 Å². The van der Waals surface area contributed by atoms with Gasteiger partial charge in [-0.3, -0.25) is 9.59 Å². The van der Waals surface area contributed by atoms with Crippen molar-refractivity contribution in [3.05, 3.63) is 35.5 Å². The Labute approximate surface area is 127 Å². The van der Waals surface area contributed by atoms with Gasteiger partial charge in [0.25, 0.3) is 11.7 Å². The van der Waals surface area contributed by atoms with Crippen molar-refractivity contribution in [2.45, 2.75) is 19.4 Å². The highest BCUT2D eigenvalue weighted by molar-refractivity contribution is 7.91. The van der Waals surface area contributed by atoms with Crippen LogP contribution in [0.5, 0.6) is 0 Å². The van der Waals surface area contributed by atoms with E-state index in [9.17, 15) is 18.0 Å². The molecule has 116 valence electrons. The van der Waals surface area contributed by atoms with Gasteiger partial charge in [0.05, 0.1) is 17.1 Å². The summed E-state index contributed by atoms with van der Waals surface area (Å²) in [6.07, 6.45) is 0.355. The fraction of sp³-hybridized carbons (Fsp3) is 0.333.